The van der Waals surface area contributed by atoms with Crippen LogP contribution in [0.1, 0.15) is 12.5 Å². The fourth-order valence-electron chi connectivity index (χ4n) is 1.67. The van der Waals surface area contributed by atoms with Gasteiger partial charge in [-0.1, -0.05) is 35.9 Å². The number of guanidine groups is 1. The molecule has 0 aliphatic heterocycles. The predicted octanol–water partition coefficient (Wildman–Crippen LogP) is 2.08. The van der Waals surface area contributed by atoms with Crippen LogP contribution in [0.15, 0.2) is 41.4 Å². The molecule has 6 heteroatoms. The van der Waals surface area contributed by atoms with Crippen molar-refractivity contribution in [3.05, 3.63) is 47.0 Å². The number of aliphatic imine (C=N–C) groups is 1. The standard InChI is InChI=1S/C17H25ClN4O/c1-13(2)11-20-17(21-12-16(23)22(3)4)19-10-9-14-5-7-15(18)8-6-14/h5-8H,1,9-12H2,2-4H3,(H2,19,20,21). The Labute approximate surface area is 143 Å². The molecule has 23 heavy (non-hydrogen) atoms. The molecular formula is C17H25ClN4O. The van der Waals surface area contributed by atoms with Crippen molar-refractivity contribution in [1.82, 2.24) is 15.5 Å². The molecule has 0 aromatic heterocycles. The number of nitrogens with one attached hydrogen (secondary N) is 2. The van der Waals surface area contributed by atoms with Gasteiger partial charge >= 0.3 is 0 Å². The Balaban J connectivity index is 2.54. The fourth-order valence-corrected chi connectivity index (χ4v) is 1.80. The van der Waals surface area contributed by atoms with Crippen LogP contribution in [0.4, 0.5) is 0 Å². The molecule has 1 aromatic rings. The molecule has 0 heterocycles. The van der Waals surface area contributed by atoms with Crippen molar-refractivity contribution in [2.24, 2.45) is 4.99 Å². The average molecular weight is 337 g/mol. The van der Waals surface area contributed by atoms with Gasteiger partial charge in [0.05, 0.1) is 0 Å². The summed E-state index contributed by atoms with van der Waals surface area (Å²) >= 11 is 5.87. The quantitative estimate of drug-likeness (QED) is 0.455. The number of halogens is 1. The minimum atomic E-state index is -0.0425. The third-order valence-corrected chi connectivity index (χ3v) is 3.30. The first kappa shape index (κ1) is 19.0. The molecule has 126 valence electrons. The van der Waals surface area contributed by atoms with E-state index in [2.05, 4.69) is 22.2 Å². The molecule has 5 nitrogen and oxygen atoms in total. The van der Waals surface area contributed by atoms with Gasteiger partial charge in [-0.2, -0.15) is 0 Å². The third-order valence-electron chi connectivity index (χ3n) is 3.05. The number of carbonyl (C=O) groups is 1. The highest BCUT2D eigenvalue weighted by atomic mass is 35.5. The average Bonchev–Trinajstić information content (AvgIpc) is 2.50. The topological polar surface area (TPSA) is 56.7 Å². The lowest BCUT2D eigenvalue weighted by Gasteiger charge is -2.14. The van der Waals surface area contributed by atoms with Crippen LogP contribution in [-0.2, 0) is 11.2 Å². The van der Waals surface area contributed by atoms with E-state index in [9.17, 15) is 4.79 Å². The van der Waals surface area contributed by atoms with Crippen LogP contribution >= 0.6 is 11.6 Å². The second kappa shape index (κ2) is 9.90. The highest BCUT2D eigenvalue weighted by Gasteiger charge is 2.04. The number of benzene rings is 1. The van der Waals surface area contributed by atoms with Crippen molar-refractivity contribution in [1.29, 1.82) is 0 Å². The molecule has 0 fully saturated rings. The van der Waals surface area contributed by atoms with Crippen molar-refractivity contribution in [2.45, 2.75) is 13.3 Å². The van der Waals surface area contributed by atoms with E-state index >= 15 is 0 Å². The zero-order chi connectivity index (χ0) is 17.2. The van der Waals surface area contributed by atoms with Crippen molar-refractivity contribution < 1.29 is 4.79 Å². The van der Waals surface area contributed by atoms with Crippen LogP contribution < -0.4 is 10.6 Å². The van der Waals surface area contributed by atoms with Gasteiger partial charge in [-0.15, -0.1) is 0 Å². The van der Waals surface area contributed by atoms with E-state index in [-0.39, 0.29) is 12.5 Å². The molecule has 0 radical (unpaired) electrons. The van der Waals surface area contributed by atoms with Crippen molar-refractivity contribution in [3.8, 4) is 0 Å². The minimum absolute atomic E-state index is 0.0425. The molecule has 0 atom stereocenters. The first-order valence-corrected chi connectivity index (χ1v) is 7.87. The van der Waals surface area contributed by atoms with Crippen LogP contribution in [0.2, 0.25) is 5.02 Å². The molecule has 1 amide bonds. The first-order valence-electron chi connectivity index (χ1n) is 7.49. The highest BCUT2D eigenvalue weighted by Crippen LogP contribution is 2.09. The van der Waals surface area contributed by atoms with Crippen LogP contribution in [-0.4, -0.2) is 50.5 Å². The Morgan fingerprint density at radius 1 is 1.26 bits per heavy atom. The van der Waals surface area contributed by atoms with E-state index in [0.717, 1.165) is 17.0 Å². The minimum Gasteiger partial charge on any atom is -0.356 e. The maximum Gasteiger partial charge on any atom is 0.243 e. The maximum atomic E-state index is 11.6. The summed E-state index contributed by atoms with van der Waals surface area (Å²) in [5, 5.41) is 7.11. The number of amides is 1. The van der Waals surface area contributed by atoms with Crippen molar-refractivity contribution in [2.75, 3.05) is 33.7 Å². The monoisotopic (exact) mass is 336 g/mol. The predicted molar refractivity (Wildman–Crippen MR) is 97.0 cm³/mol. The summed E-state index contributed by atoms with van der Waals surface area (Å²) in [6, 6.07) is 7.75. The second-order valence-corrected chi connectivity index (χ2v) is 6.00. The normalized spacial score (nSPS) is 11.0. The number of likely N-dealkylation sites (N-methyl/N-ethyl adjacent to an activating group) is 1. The van der Waals surface area contributed by atoms with Gasteiger partial charge in [-0.3, -0.25) is 4.79 Å². The largest absolute Gasteiger partial charge is 0.356 e. The molecule has 0 aliphatic carbocycles. The SMILES string of the molecule is C=C(C)CNC(=NCC(=O)N(C)C)NCCc1ccc(Cl)cc1. The lowest BCUT2D eigenvalue weighted by molar-refractivity contribution is -0.127. The molecule has 0 aliphatic rings. The molecule has 1 rings (SSSR count). The van der Waals surface area contributed by atoms with Crippen LogP contribution in [0.25, 0.3) is 0 Å². The van der Waals surface area contributed by atoms with E-state index < -0.39 is 0 Å². The summed E-state index contributed by atoms with van der Waals surface area (Å²) in [6.07, 6.45) is 0.840. The second-order valence-electron chi connectivity index (χ2n) is 5.57. The summed E-state index contributed by atoms with van der Waals surface area (Å²) in [4.78, 5) is 17.5. The molecular weight excluding hydrogens is 312 g/mol. The van der Waals surface area contributed by atoms with Gasteiger partial charge in [0.15, 0.2) is 5.96 Å². The van der Waals surface area contributed by atoms with E-state index in [1.165, 1.54) is 10.5 Å². The van der Waals surface area contributed by atoms with Gasteiger partial charge in [0.25, 0.3) is 0 Å². The molecule has 1 aromatic carbocycles. The van der Waals surface area contributed by atoms with E-state index in [1.54, 1.807) is 14.1 Å². The van der Waals surface area contributed by atoms with Gasteiger partial charge in [-0.25, -0.2) is 4.99 Å². The number of rotatable bonds is 7. The highest BCUT2D eigenvalue weighted by molar-refractivity contribution is 6.30. The van der Waals surface area contributed by atoms with Gasteiger partial charge in [0.2, 0.25) is 5.91 Å². The van der Waals surface area contributed by atoms with Crippen LogP contribution in [0.5, 0.6) is 0 Å². The van der Waals surface area contributed by atoms with Crippen molar-refractivity contribution in [3.63, 3.8) is 0 Å². The molecule has 0 saturated heterocycles. The zero-order valence-electron chi connectivity index (χ0n) is 14.0. The van der Waals surface area contributed by atoms with Crippen molar-refractivity contribution >= 4 is 23.5 Å². The lowest BCUT2D eigenvalue weighted by Crippen LogP contribution is -2.40. The lowest BCUT2D eigenvalue weighted by atomic mass is 10.1. The molecule has 0 spiro atoms. The molecule has 0 saturated carbocycles. The fraction of sp³-hybridized carbons (Fsp3) is 0.412. The summed E-state index contributed by atoms with van der Waals surface area (Å²) < 4.78 is 0. The maximum absolute atomic E-state index is 11.6. The Morgan fingerprint density at radius 3 is 2.48 bits per heavy atom. The van der Waals surface area contributed by atoms with Crippen LogP contribution in [0, 0.1) is 0 Å². The Morgan fingerprint density at radius 2 is 1.91 bits per heavy atom. The van der Waals surface area contributed by atoms with E-state index in [4.69, 9.17) is 11.6 Å². The zero-order valence-corrected chi connectivity index (χ0v) is 14.8. The summed E-state index contributed by atoms with van der Waals surface area (Å²) in [7, 11) is 3.43. The number of carbonyl (C=O) groups excluding carboxylic acids is 1. The smallest absolute Gasteiger partial charge is 0.243 e. The Bertz CT molecular complexity index is 552. The number of hydrogen-bond donors (Lipinski definition) is 2. The molecule has 0 unspecified atom stereocenters. The van der Waals surface area contributed by atoms with Gasteiger partial charge < -0.3 is 15.5 Å². The van der Waals surface area contributed by atoms with Crippen LogP contribution in [0.3, 0.4) is 0 Å². The van der Waals surface area contributed by atoms with Gasteiger partial charge in [0, 0.05) is 32.2 Å². The first-order chi connectivity index (χ1) is 10.9. The van der Waals surface area contributed by atoms with E-state index in [0.29, 0.717) is 19.0 Å². The van der Waals surface area contributed by atoms with Gasteiger partial charge in [-0.05, 0) is 31.0 Å². The molecule has 2 N–H and O–H groups in total. The number of hydrogen-bond acceptors (Lipinski definition) is 2. The molecule has 0 bridgehead atoms. The Kier molecular flexibility index (Phi) is 8.19. The number of nitrogens with zero attached hydrogens (tertiary/aromatic N) is 2. The van der Waals surface area contributed by atoms with E-state index in [1.807, 2.05) is 31.2 Å². The van der Waals surface area contributed by atoms with Gasteiger partial charge in [0.1, 0.15) is 6.54 Å². The summed E-state index contributed by atoms with van der Waals surface area (Å²) in [6.45, 7) is 7.22. The summed E-state index contributed by atoms with van der Waals surface area (Å²) in [5.41, 5.74) is 2.18. The third kappa shape index (κ3) is 8.26. The Hall–Kier alpha value is -2.01. The summed E-state index contributed by atoms with van der Waals surface area (Å²) in [5.74, 6) is 0.566.